The lowest BCUT2D eigenvalue weighted by Gasteiger charge is -2.36. The number of benzene rings is 2. The molecule has 1 aliphatic heterocycles. The number of carbonyl (C=O) groups is 1. The van der Waals surface area contributed by atoms with Gasteiger partial charge < -0.3 is 14.4 Å². The number of hydrogen-bond acceptors (Lipinski definition) is 6. The molecule has 0 atom stereocenters. The van der Waals surface area contributed by atoms with E-state index in [1.165, 1.54) is 28.6 Å². The summed E-state index contributed by atoms with van der Waals surface area (Å²) < 4.78 is 37.7. The van der Waals surface area contributed by atoms with E-state index in [4.69, 9.17) is 4.74 Å². The summed E-state index contributed by atoms with van der Waals surface area (Å²) in [5.41, 5.74) is 4.27. The zero-order chi connectivity index (χ0) is 21.9. The molecule has 2 aromatic rings. The van der Waals surface area contributed by atoms with Gasteiger partial charge in [-0.3, -0.25) is 0 Å². The molecule has 1 saturated heterocycles. The van der Waals surface area contributed by atoms with Gasteiger partial charge in [0.2, 0.25) is 10.0 Å². The normalized spacial score (nSPS) is 15.1. The van der Waals surface area contributed by atoms with E-state index in [1.807, 2.05) is 6.07 Å². The minimum Gasteiger partial charge on any atom is -0.482 e. The summed E-state index contributed by atoms with van der Waals surface area (Å²) >= 11 is 0. The molecule has 0 N–H and O–H groups in total. The van der Waals surface area contributed by atoms with Crippen molar-refractivity contribution in [1.82, 2.24) is 4.31 Å². The summed E-state index contributed by atoms with van der Waals surface area (Å²) in [5.74, 6) is -0.0353. The predicted octanol–water partition coefficient (Wildman–Crippen LogP) is 2.67. The van der Waals surface area contributed by atoms with Crippen molar-refractivity contribution in [3.8, 4) is 5.75 Å². The Morgan fingerprint density at radius 3 is 2.33 bits per heavy atom. The second-order valence-corrected chi connectivity index (χ2v) is 9.34. The molecule has 0 bridgehead atoms. The maximum Gasteiger partial charge on any atom is 0.343 e. The quantitative estimate of drug-likeness (QED) is 0.654. The highest BCUT2D eigenvalue weighted by Crippen LogP contribution is 2.27. The highest BCUT2D eigenvalue weighted by atomic mass is 32.2. The number of hydrogen-bond donors (Lipinski definition) is 0. The molecule has 0 spiro atoms. The van der Waals surface area contributed by atoms with Crippen molar-refractivity contribution < 1.29 is 22.7 Å². The molecule has 0 aromatic heterocycles. The molecule has 1 heterocycles. The average molecular weight is 433 g/mol. The van der Waals surface area contributed by atoms with Crippen LogP contribution in [0.15, 0.2) is 41.3 Å². The first-order chi connectivity index (χ1) is 14.2. The van der Waals surface area contributed by atoms with Crippen molar-refractivity contribution in [2.45, 2.75) is 25.7 Å². The van der Waals surface area contributed by atoms with Gasteiger partial charge in [-0.1, -0.05) is 12.1 Å². The molecule has 0 aliphatic carbocycles. The lowest BCUT2D eigenvalue weighted by molar-refractivity contribution is -0.142. The van der Waals surface area contributed by atoms with Gasteiger partial charge in [0.25, 0.3) is 0 Å². The monoisotopic (exact) mass is 432 g/mol. The summed E-state index contributed by atoms with van der Waals surface area (Å²) in [4.78, 5) is 13.7. The van der Waals surface area contributed by atoms with Crippen molar-refractivity contribution in [2.75, 3.05) is 44.8 Å². The van der Waals surface area contributed by atoms with Crippen LogP contribution in [0, 0.1) is 20.8 Å². The van der Waals surface area contributed by atoms with Crippen molar-refractivity contribution in [3.05, 3.63) is 53.1 Å². The number of carbonyl (C=O) groups excluding carboxylic acids is 1. The number of piperazine rings is 1. The van der Waals surface area contributed by atoms with Crippen LogP contribution in [0.3, 0.4) is 0 Å². The van der Waals surface area contributed by atoms with Gasteiger partial charge in [0.15, 0.2) is 6.61 Å². The van der Waals surface area contributed by atoms with E-state index in [0.717, 1.165) is 5.69 Å². The van der Waals surface area contributed by atoms with Gasteiger partial charge in [0.05, 0.1) is 12.0 Å². The summed E-state index contributed by atoms with van der Waals surface area (Å²) in [6, 6.07) is 10.9. The maximum atomic E-state index is 13.1. The van der Waals surface area contributed by atoms with E-state index in [9.17, 15) is 13.2 Å². The Kier molecular flexibility index (Phi) is 6.67. The van der Waals surface area contributed by atoms with Gasteiger partial charge in [0, 0.05) is 31.9 Å². The third kappa shape index (κ3) is 4.60. The highest BCUT2D eigenvalue weighted by Gasteiger charge is 2.29. The number of methoxy groups -OCH3 is 1. The van der Waals surface area contributed by atoms with Crippen molar-refractivity contribution in [1.29, 1.82) is 0 Å². The van der Waals surface area contributed by atoms with Crippen LogP contribution < -0.4 is 9.64 Å². The molecule has 2 aromatic carbocycles. The molecule has 0 radical (unpaired) electrons. The fourth-order valence-corrected chi connectivity index (χ4v) is 5.04. The standard InChI is InChI=1S/C22H28N2O5S/c1-16-6-5-7-20(18(16)3)23-10-12-24(13-11-23)30(26,27)19-8-9-21(17(2)14-19)29-15-22(25)28-4/h5-9,14H,10-13,15H2,1-4H3. The second kappa shape index (κ2) is 9.06. The average Bonchev–Trinajstić information content (AvgIpc) is 2.74. The molecular weight excluding hydrogens is 404 g/mol. The van der Waals surface area contributed by atoms with E-state index >= 15 is 0 Å². The number of esters is 1. The Hall–Kier alpha value is -2.58. The summed E-state index contributed by atoms with van der Waals surface area (Å²) in [7, 11) is -2.32. The molecule has 7 nitrogen and oxygen atoms in total. The topological polar surface area (TPSA) is 76.1 Å². The van der Waals surface area contributed by atoms with Crippen LogP contribution in [-0.4, -0.2) is 58.6 Å². The zero-order valence-corrected chi connectivity index (χ0v) is 18.7. The van der Waals surface area contributed by atoms with E-state index in [0.29, 0.717) is 37.5 Å². The second-order valence-electron chi connectivity index (χ2n) is 7.40. The Morgan fingerprint density at radius 2 is 1.70 bits per heavy atom. The lowest BCUT2D eigenvalue weighted by Crippen LogP contribution is -2.48. The Morgan fingerprint density at radius 1 is 1.00 bits per heavy atom. The molecular formula is C22H28N2O5S. The molecule has 0 amide bonds. The van der Waals surface area contributed by atoms with E-state index in [2.05, 4.69) is 35.6 Å². The van der Waals surface area contributed by atoms with Crippen LogP contribution in [0.5, 0.6) is 5.75 Å². The van der Waals surface area contributed by atoms with Crippen LogP contribution in [0.25, 0.3) is 0 Å². The van der Waals surface area contributed by atoms with Gasteiger partial charge in [-0.05, 0) is 61.7 Å². The van der Waals surface area contributed by atoms with Gasteiger partial charge in [-0.2, -0.15) is 4.31 Å². The van der Waals surface area contributed by atoms with Gasteiger partial charge in [-0.15, -0.1) is 0 Å². The van der Waals surface area contributed by atoms with Crippen LogP contribution >= 0.6 is 0 Å². The molecule has 0 saturated carbocycles. The Labute approximate surface area is 178 Å². The maximum absolute atomic E-state index is 13.1. The molecule has 162 valence electrons. The van der Waals surface area contributed by atoms with Crippen molar-refractivity contribution in [3.63, 3.8) is 0 Å². The van der Waals surface area contributed by atoms with Crippen LogP contribution in [0.2, 0.25) is 0 Å². The van der Waals surface area contributed by atoms with Crippen LogP contribution in [0.4, 0.5) is 5.69 Å². The lowest BCUT2D eigenvalue weighted by atomic mass is 10.1. The Balaban J connectivity index is 1.70. The van der Waals surface area contributed by atoms with Crippen molar-refractivity contribution >= 4 is 21.7 Å². The van der Waals surface area contributed by atoms with Crippen LogP contribution in [0.1, 0.15) is 16.7 Å². The van der Waals surface area contributed by atoms with Gasteiger partial charge >= 0.3 is 5.97 Å². The first kappa shape index (κ1) is 22.1. The summed E-state index contributed by atoms with van der Waals surface area (Å²) in [6.45, 7) is 7.85. The van der Waals surface area contributed by atoms with Gasteiger partial charge in [-0.25, -0.2) is 13.2 Å². The predicted molar refractivity (Wildman–Crippen MR) is 116 cm³/mol. The highest BCUT2D eigenvalue weighted by molar-refractivity contribution is 7.89. The third-order valence-corrected chi connectivity index (χ3v) is 7.41. The first-order valence-corrected chi connectivity index (χ1v) is 11.3. The zero-order valence-electron chi connectivity index (χ0n) is 17.8. The fraction of sp³-hybridized carbons (Fsp3) is 0.409. The number of nitrogens with zero attached hydrogens (tertiary/aromatic N) is 2. The molecule has 8 heteroatoms. The number of ether oxygens (including phenoxy) is 2. The van der Waals surface area contributed by atoms with E-state index < -0.39 is 16.0 Å². The largest absolute Gasteiger partial charge is 0.482 e. The molecule has 30 heavy (non-hydrogen) atoms. The smallest absolute Gasteiger partial charge is 0.343 e. The SMILES string of the molecule is COC(=O)COc1ccc(S(=O)(=O)N2CCN(c3cccc(C)c3C)CC2)cc1C. The van der Waals surface area contributed by atoms with Crippen molar-refractivity contribution in [2.24, 2.45) is 0 Å². The van der Waals surface area contributed by atoms with Crippen LogP contribution in [-0.2, 0) is 19.6 Å². The van der Waals surface area contributed by atoms with Gasteiger partial charge in [0.1, 0.15) is 5.75 Å². The number of aryl methyl sites for hydroxylation is 2. The minimum atomic E-state index is -3.60. The minimum absolute atomic E-state index is 0.218. The third-order valence-electron chi connectivity index (χ3n) is 5.51. The first-order valence-electron chi connectivity index (χ1n) is 9.85. The fourth-order valence-electron chi connectivity index (χ4n) is 3.54. The molecule has 1 fully saturated rings. The number of anilines is 1. The number of sulfonamides is 1. The molecule has 3 rings (SSSR count). The summed E-state index contributed by atoms with van der Waals surface area (Å²) in [6.07, 6.45) is 0. The summed E-state index contributed by atoms with van der Waals surface area (Å²) in [5, 5.41) is 0. The van der Waals surface area contributed by atoms with E-state index in [-0.39, 0.29) is 11.5 Å². The number of rotatable bonds is 6. The van der Waals surface area contributed by atoms with E-state index in [1.54, 1.807) is 19.1 Å². The molecule has 0 unspecified atom stereocenters. The molecule has 1 aliphatic rings. The Bertz CT molecular complexity index is 1030.